The monoisotopic (exact) mass is 494 g/mol. The minimum atomic E-state index is -0.403. The van der Waals surface area contributed by atoms with Gasteiger partial charge in [0, 0.05) is 50.7 Å². The number of amides is 2. The smallest absolute Gasteiger partial charge is 0.414 e. The summed E-state index contributed by atoms with van der Waals surface area (Å²) in [5.41, 5.74) is 3.85. The van der Waals surface area contributed by atoms with E-state index in [9.17, 15) is 9.59 Å². The van der Waals surface area contributed by atoms with Gasteiger partial charge in [0.25, 0.3) is 5.91 Å². The van der Waals surface area contributed by atoms with E-state index in [-0.39, 0.29) is 18.6 Å². The summed E-state index contributed by atoms with van der Waals surface area (Å²) >= 11 is 0. The van der Waals surface area contributed by atoms with Crippen molar-refractivity contribution in [3.05, 3.63) is 53.2 Å². The molecule has 3 fully saturated rings. The van der Waals surface area contributed by atoms with Crippen LogP contribution in [0.5, 0.6) is 0 Å². The first-order valence-electron chi connectivity index (χ1n) is 12.7. The van der Waals surface area contributed by atoms with Gasteiger partial charge in [-0.25, -0.2) is 9.78 Å². The van der Waals surface area contributed by atoms with Crippen molar-refractivity contribution in [2.24, 2.45) is 0 Å². The number of hydrogen-bond donors (Lipinski definition) is 0. The number of hydrogen-bond acceptors (Lipinski definition) is 7. The highest BCUT2D eigenvalue weighted by molar-refractivity contribution is 5.96. The lowest BCUT2D eigenvalue weighted by Gasteiger charge is -2.36. The zero-order chi connectivity index (χ0) is 25.1. The minimum Gasteiger partial charge on any atom is -0.447 e. The highest BCUT2D eigenvalue weighted by atomic mass is 16.6. The first-order valence-corrected chi connectivity index (χ1v) is 12.7. The predicted octanol–water partition coefficient (Wildman–Crippen LogP) is 3.22. The number of methoxy groups -OCH3 is 1. The summed E-state index contributed by atoms with van der Waals surface area (Å²) in [6.07, 6.45) is 4.16. The molecule has 1 aliphatic carbocycles. The molecule has 3 heterocycles. The van der Waals surface area contributed by atoms with Crippen LogP contribution in [0.25, 0.3) is 0 Å². The van der Waals surface area contributed by atoms with Gasteiger partial charge in [0.05, 0.1) is 25.9 Å². The van der Waals surface area contributed by atoms with E-state index in [0.717, 1.165) is 18.9 Å². The number of cyclic esters (lactones) is 1. The van der Waals surface area contributed by atoms with Crippen molar-refractivity contribution in [3.63, 3.8) is 0 Å². The Bertz CT molecular complexity index is 1080. The standard InChI is InChI=1S/C27H34N4O5/c1-19-15-22(20-3-4-20)16-28-25(19)29-9-11-30(12-10-29)26(32)21-5-7-23(8-6-21)31-24(18-36-27(31)33)17-35-14-13-34-2/h5-8,15-16,20,24H,3-4,9-14,17-18H2,1-2H3/t24-/m1/s1. The molecule has 2 aromatic rings. The Morgan fingerprint density at radius 3 is 2.53 bits per heavy atom. The van der Waals surface area contributed by atoms with Crippen molar-refractivity contribution < 1.29 is 23.8 Å². The maximum atomic E-state index is 13.2. The number of anilines is 2. The van der Waals surface area contributed by atoms with Crippen molar-refractivity contribution in [1.82, 2.24) is 9.88 Å². The zero-order valence-electron chi connectivity index (χ0n) is 21.0. The van der Waals surface area contributed by atoms with E-state index >= 15 is 0 Å². The van der Waals surface area contributed by atoms with Crippen LogP contribution in [0.2, 0.25) is 0 Å². The maximum absolute atomic E-state index is 13.2. The Labute approximate surface area is 211 Å². The van der Waals surface area contributed by atoms with Crippen molar-refractivity contribution >= 4 is 23.5 Å². The Balaban J connectivity index is 1.17. The van der Waals surface area contributed by atoms with Crippen LogP contribution < -0.4 is 9.80 Å². The molecule has 192 valence electrons. The fourth-order valence-electron chi connectivity index (χ4n) is 4.89. The molecule has 0 bridgehead atoms. The lowest BCUT2D eigenvalue weighted by molar-refractivity contribution is 0.0614. The number of piperazine rings is 1. The molecule has 0 unspecified atom stereocenters. The van der Waals surface area contributed by atoms with Crippen LogP contribution in [-0.4, -0.2) is 87.6 Å². The summed E-state index contributed by atoms with van der Waals surface area (Å²) in [6.45, 7) is 6.50. The summed E-state index contributed by atoms with van der Waals surface area (Å²) in [5.74, 6) is 1.72. The Morgan fingerprint density at radius 1 is 1.11 bits per heavy atom. The lowest BCUT2D eigenvalue weighted by Crippen LogP contribution is -2.49. The number of aryl methyl sites for hydroxylation is 1. The number of rotatable bonds is 9. The fourth-order valence-corrected chi connectivity index (χ4v) is 4.89. The Hall–Kier alpha value is -3.17. The molecule has 36 heavy (non-hydrogen) atoms. The average molecular weight is 495 g/mol. The highest BCUT2D eigenvalue weighted by Gasteiger charge is 2.34. The quantitative estimate of drug-likeness (QED) is 0.495. The van der Waals surface area contributed by atoms with Gasteiger partial charge >= 0.3 is 6.09 Å². The molecule has 9 nitrogen and oxygen atoms in total. The van der Waals surface area contributed by atoms with Crippen LogP contribution in [-0.2, 0) is 14.2 Å². The van der Waals surface area contributed by atoms with Crippen LogP contribution in [0.1, 0.15) is 40.2 Å². The van der Waals surface area contributed by atoms with Gasteiger partial charge in [-0.2, -0.15) is 0 Å². The van der Waals surface area contributed by atoms with Gasteiger partial charge in [0.1, 0.15) is 12.4 Å². The number of carbonyl (C=O) groups excluding carboxylic acids is 2. The van der Waals surface area contributed by atoms with Gasteiger partial charge in [-0.1, -0.05) is 6.07 Å². The molecular weight excluding hydrogens is 460 g/mol. The SMILES string of the molecule is COCCOC[C@@H]1COC(=O)N1c1ccc(C(=O)N2CCN(c3ncc(C4CC4)cc3C)CC2)cc1. The molecule has 5 rings (SSSR count). The first-order chi connectivity index (χ1) is 17.5. The largest absolute Gasteiger partial charge is 0.447 e. The molecule has 0 N–H and O–H groups in total. The first kappa shape index (κ1) is 24.5. The van der Waals surface area contributed by atoms with Crippen LogP contribution in [0, 0.1) is 6.92 Å². The van der Waals surface area contributed by atoms with Gasteiger partial charge in [-0.05, 0) is 61.1 Å². The zero-order valence-corrected chi connectivity index (χ0v) is 21.0. The molecule has 9 heteroatoms. The molecule has 2 saturated heterocycles. The van der Waals surface area contributed by atoms with E-state index in [1.54, 1.807) is 36.3 Å². The summed E-state index contributed by atoms with van der Waals surface area (Å²) in [5, 5.41) is 0. The summed E-state index contributed by atoms with van der Waals surface area (Å²) < 4.78 is 15.8. The number of ether oxygens (including phenoxy) is 3. The van der Waals surface area contributed by atoms with Crippen LogP contribution >= 0.6 is 0 Å². The Kier molecular flexibility index (Phi) is 7.38. The van der Waals surface area contributed by atoms with Crippen molar-refractivity contribution in [1.29, 1.82) is 0 Å². The van der Waals surface area contributed by atoms with Crippen molar-refractivity contribution in [2.45, 2.75) is 31.7 Å². The molecule has 0 spiro atoms. The minimum absolute atomic E-state index is 0.00147. The average Bonchev–Trinajstić information content (AvgIpc) is 3.69. The second-order valence-corrected chi connectivity index (χ2v) is 9.68. The molecule has 1 aromatic heterocycles. The third-order valence-electron chi connectivity index (χ3n) is 7.08. The third kappa shape index (κ3) is 5.32. The number of carbonyl (C=O) groups is 2. The second-order valence-electron chi connectivity index (χ2n) is 9.68. The fraction of sp³-hybridized carbons (Fsp3) is 0.519. The summed E-state index contributed by atoms with van der Waals surface area (Å²) in [4.78, 5) is 35.9. The van der Waals surface area contributed by atoms with Gasteiger partial charge in [0.15, 0.2) is 0 Å². The molecule has 1 atom stereocenters. The summed E-state index contributed by atoms with van der Waals surface area (Å²) in [6, 6.07) is 9.21. The number of pyridine rings is 1. The molecule has 0 radical (unpaired) electrons. The highest BCUT2D eigenvalue weighted by Crippen LogP contribution is 2.40. The maximum Gasteiger partial charge on any atom is 0.414 e. The Morgan fingerprint density at radius 2 is 1.86 bits per heavy atom. The van der Waals surface area contributed by atoms with E-state index < -0.39 is 6.09 Å². The molecular formula is C27H34N4O5. The van der Waals surface area contributed by atoms with Gasteiger partial charge in [-0.15, -0.1) is 0 Å². The van der Waals surface area contributed by atoms with E-state index in [1.165, 1.54) is 24.0 Å². The lowest BCUT2D eigenvalue weighted by atomic mass is 10.1. The van der Waals surface area contributed by atoms with Gasteiger partial charge < -0.3 is 24.0 Å². The predicted molar refractivity (Wildman–Crippen MR) is 136 cm³/mol. The van der Waals surface area contributed by atoms with E-state index in [2.05, 4.69) is 17.9 Å². The third-order valence-corrected chi connectivity index (χ3v) is 7.08. The van der Waals surface area contributed by atoms with Crippen molar-refractivity contribution in [2.75, 3.05) is 69.5 Å². The molecule has 1 saturated carbocycles. The second kappa shape index (κ2) is 10.8. The normalized spacial score (nSPS) is 20.1. The number of nitrogens with zero attached hydrogens (tertiary/aromatic N) is 4. The van der Waals surface area contributed by atoms with E-state index in [4.69, 9.17) is 19.2 Å². The van der Waals surface area contributed by atoms with E-state index in [1.807, 2.05) is 11.1 Å². The topological polar surface area (TPSA) is 84.4 Å². The molecule has 3 aliphatic rings. The van der Waals surface area contributed by atoms with Crippen LogP contribution in [0.15, 0.2) is 36.5 Å². The summed E-state index contributed by atoms with van der Waals surface area (Å²) in [7, 11) is 1.62. The number of aromatic nitrogens is 1. The van der Waals surface area contributed by atoms with Crippen LogP contribution in [0.3, 0.4) is 0 Å². The molecule has 2 aliphatic heterocycles. The van der Waals surface area contributed by atoms with Gasteiger partial charge in [0.2, 0.25) is 0 Å². The van der Waals surface area contributed by atoms with Crippen LogP contribution in [0.4, 0.5) is 16.3 Å². The van der Waals surface area contributed by atoms with Gasteiger partial charge in [-0.3, -0.25) is 9.69 Å². The van der Waals surface area contributed by atoms with Crippen molar-refractivity contribution in [3.8, 4) is 0 Å². The molecule has 1 aromatic carbocycles. The van der Waals surface area contributed by atoms with E-state index in [0.29, 0.717) is 50.1 Å². The molecule has 2 amide bonds. The number of benzene rings is 1.